The maximum Gasteiger partial charge on any atom is 0.312 e. The lowest BCUT2D eigenvalue weighted by Gasteiger charge is -2.61. The Morgan fingerprint density at radius 3 is 2.02 bits per heavy atom. The second kappa shape index (κ2) is 10.5. The van der Waals surface area contributed by atoms with E-state index in [1.807, 2.05) is 0 Å². The van der Waals surface area contributed by atoms with E-state index in [9.17, 15) is 24.0 Å². The quantitative estimate of drug-likeness (QED) is 0.209. The minimum Gasteiger partial charge on any atom is -0.462 e. The highest BCUT2D eigenvalue weighted by Crippen LogP contribution is 2.61. The van der Waals surface area contributed by atoms with Crippen molar-refractivity contribution in [2.24, 2.45) is 17.3 Å². The maximum atomic E-state index is 13.1. The lowest BCUT2D eigenvalue weighted by atomic mass is 9.53. The number of hydrogen-bond donors (Lipinski definition) is 0. The van der Waals surface area contributed by atoms with Crippen molar-refractivity contribution in [3.8, 4) is 0 Å². The number of carbonyl (C=O) groups excluding carboxylic acids is 5. The van der Waals surface area contributed by atoms with Gasteiger partial charge >= 0.3 is 29.8 Å². The van der Waals surface area contributed by atoms with Gasteiger partial charge in [0.05, 0.1) is 16.7 Å². The average Bonchev–Trinajstić information content (AvgIpc) is 3.09. The predicted molar refractivity (Wildman–Crippen MR) is 138 cm³/mol. The zero-order valence-electron chi connectivity index (χ0n) is 23.4. The third-order valence-corrected chi connectivity index (χ3v) is 9.23. The Balaban J connectivity index is 2.11. The Bertz CT molecular complexity index is 1160. The van der Waals surface area contributed by atoms with Crippen LogP contribution in [0.25, 0.3) is 0 Å². The van der Waals surface area contributed by atoms with E-state index in [0.717, 1.165) is 0 Å². The molecule has 3 aliphatic heterocycles. The lowest BCUT2D eigenvalue weighted by Crippen LogP contribution is -2.75. The summed E-state index contributed by atoms with van der Waals surface area (Å²) in [5.74, 6) is -5.30. The zero-order valence-corrected chi connectivity index (χ0v) is 24.1. The van der Waals surface area contributed by atoms with E-state index in [1.54, 1.807) is 13.8 Å². The molecule has 4 rings (SSSR count). The zero-order chi connectivity index (χ0) is 29.9. The second-order valence-corrected chi connectivity index (χ2v) is 11.7. The predicted octanol–water partition coefficient (Wildman–Crippen LogP) is 2.56. The minimum atomic E-state index is -1.69. The van der Waals surface area contributed by atoms with Crippen LogP contribution in [0.2, 0.25) is 0 Å². The molecule has 11 nitrogen and oxygen atoms in total. The van der Waals surface area contributed by atoms with Gasteiger partial charge in [0.25, 0.3) is 0 Å². The molecule has 40 heavy (non-hydrogen) atoms. The van der Waals surface area contributed by atoms with Gasteiger partial charge in [-0.3, -0.25) is 24.0 Å². The van der Waals surface area contributed by atoms with Crippen molar-refractivity contribution in [2.75, 3.05) is 0 Å². The first-order valence-electron chi connectivity index (χ1n) is 13.1. The molecule has 1 saturated carbocycles. The van der Waals surface area contributed by atoms with Gasteiger partial charge in [-0.2, -0.15) is 0 Å². The van der Waals surface area contributed by atoms with Crippen molar-refractivity contribution in [1.82, 2.24) is 0 Å². The number of hydrogen-bond acceptors (Lipinski definition) is 11. The molecule has 0 unspecified atom stereocenters. The van der Waals surface area contributed by atoms with Crippen molar-refractivity contribution >= 4 is 41.4 Å². The number of halogens is 1. The van der Waals surface area contributed by atoms with E-state index in [4.69, 9.17) is 40.0 Å². The number of fused-ring (bicyclic) bond motifs is 2. The molecule has 11 atom stereocenters. The molecule has 0 amide bonds. The first-order valence-corrected chi connectivity index (χ1v) is 13.6. The highest BCUT2D eigenvalue weighted by atomic mass is 35.5. The first-order chi connectivity index (χ1) is 18.6. The molecular weight excluding hydrogens is 548 g/mol. The summed E-state index contributed by atoms with van der Waals surface area (Å²) in [6.45, 7) is 16.4. The summed E-state index contributed by atoms with van der Waals surface area (Å²) in [6.07, 6.45) is -6.58. The fraction of sp³-hybridized carbons (Fsp3) is 0.679. The average molecular weight is 583 g/mol. The Labute approximate surface area is 237 Å². The summed E-state index contributed by atoms with van der Waals surface area (Å²) in [5.41, 5.74) is -2.33. The summed E-state index contributed by atoms with van der Waals surface area (Å²) in [6, 6.07) is 0. The summed E-state index contributed by atoms with van der Waals surface area (Å²) in [4.78, 5) is 63.2. The Kier molecular flexibility index (Phi) is 7.87. The smallest absolute Gasteiger partial charge is 0.312 e. The van der Waals surface area contributed by atoms with Gasteiger partial charge < -0.3 is 28.4 Å². The number of rotatable bonds is 4. The van der Waals surface area contributed by atoms with E-state index in [2.05, 4.69) is 13.2 Å². The van der Waals surface area contributed by atoms with E-state index in [1.165, 1.54) is 27.7 Å². The minimum absolute atomic E-state index is 0.204. The van der Waals surface area contributed by atoms with Crippen LogP contribution >= 0.6 is 11.6 Å². The molecule has 3 heterocycles. The number of carbonyl (C=O) groups is 5. The molecule has 0 N–H and O–H groups in total. The fourth-order valence-corrected chi connectivity index (χ4v) is 7.49. The van der Waals surface area contributed by atoms with Gasteiger partial charge in [0, 0.05) is 33.6 Å². The van der Waals surface area contributed by atoms with Gasteiger partial charge in [-0.15, -0.1) is 11.6 Å². The van der Waals surface area contributed by atoms with Crippen LogP contribution in [0.15, 0.2) is 24.3 Å². The van der Waals surface area contributed by atoms with Crippen LogP contribution in [0, 0.1) is 17.3 Å². The van der Waals surface area contributed by atoms with Gasteiger partial charge in [0.2, 0.25) is 0 Å². The van der Waals surface area contributed by atoms with Gasteiger partial charge in [0.1, 0.15) is 18.3 Å². The summed E-state index contributed by atoms with van der Waals surface area (Å²) >= 11 is 6.89. The van der Waals surface area contributed by atoms with Gasteiger partial charge in [0.15, 0.2) is 23.9 Å². The monoisotopic (exact) mass is 582 g/mol. The molecule has 1 spiro atoms. The number of esters is 5. The van der Waals surface area contributed by atoms with Crippen molar-refractivity contribution in [3.63, 3.8) is 0 Å². The van der Waals surface area contributed by atoms with Crippen LogP contribution in [0.3, 0.4) is 0 Å². The molecule has 4 fully saturated rings. The van der Waals surface area contributed by atoms with E-state index >= 15 is 0 Å². The SMILES string of the molecule is C=C1CC[C@H](OC(C)=O)[C@]2(C)[C@H](OC(C)=O)[C@H](OC(C)=O)[C@@H]3O[C@]4([C@@H](C)C(=O)O[C@H]4[C@@H](Cl)C3=C)[C@@H](OC(C)=O)[C@@H]12. The van der Waals surface area contributed by atoms with Crippen molar-refractivity contribution in [1.29, 1.82) is 0 Å². The summed E-state index contributed by atoms with van der Waals surface area (Å²) in [5, 5.41) is -1.05. The third-order valence-electron chi connectivity index (χ3n) is 8.72. The third kappa shape index (κ3) is 4.51. The molecule has 4 aliphatic rings. The Morgan fingerprint density at radius 2 is 1.48 bits per heavy atom. The topological polar surface area (TPSA) is 141 Å². The molecule has 0 aromatic rings. The standard InChI is InChI=1S/C28H35ClO11/c1-11-9-10-18(35-14(4)30)27(8)19(11)23(37-16(6)32)28-13(3)26(34)39-24(28)20(29)12(2)21(40-28)22(36-15(5)31)25(27)38-17(7)33/h13,18-25H,1-2,9-10H2,3-8H3/t13-,18-,19+,20-,21+,22+,23-,24-,25+,27-,28+/m0/s1. The normalized spacial score (nSPS) is 42.3. The fourth-order valence-electron chi connectivity index (χ4n) is 7.12. The largest absolute Gasteiger partial charge is 0.462 e. The van der Waals surface area contributed by atoms with Crippen LogP contribution < -0.4 is 0 Å². The van der Waals surface area contributed by atoms with Crippen molar-refractivity contribution < 1.29 is 52.4 Å². The molecule has 1 aliphatic carbocycles. The van der Waals surface area contributed by atoms with Crippen LogP contribution in [0.5, 0.6) is 0 Å². The van der Waals surface area contributed by atoms with E-state index in [-0.39, 0.29) is 12.0 Å². The number of ether oxygens (including phenoxy) is 6. The van der Waals surface area contributed by atoms with Crippen LogP contribution in [0.4, 0.5) is 0 Å². The van der Waals surface area contributed by atoms with E-state index < -0.39 is 94.7 Å². The molecule has 12 heteroatoms. The van der Waals surface area contributed by atoms with Crippen LogP contribution in [-0.4, -0.2) is 77.4 Å². The molecule has 3 saturated heterocycles. The molecule has 0 radical (unpaired) electrons. The van der Waals surface area contributed by atoms with Crippen LogP contribution in [-0.2, 0) is 52.4 Å². The number of alkyl halides is 1. The summed E-state index contributed by atoms with van der Waals surface area (Å²) < 4.78 is 36.0. The van der Waals surface area contributed by atoms with Crippen molar-refractivity contribution in [3.05, 3.63) is 24.3 Å². The van der Waals surface area contributed by atoms with Crippen molar-refractivity contribution in [2.45, 2.75) is 102 Å². The molecule has 220 valence electrons. The molecule has 2 bridgehead atoms. The van der Waals surface area contributed by atoms with Crippen LogP contribution in [0.1, 0.15) is 54.4 Å². The maximum absolute atomic E-state index is 13.1. The van der Waals surface area contributed by atoms with Gasteiger partial charge in [-0.05, 0) is 25.3 Å². The summed E-state index contributed by atoms with van der Waals surface area (Å²) in [7, 11) is 0. The van der Waals surface area contributed by atoms with Gasteiger partial charge in [-0.25, -0.2) is 0 Å². The highest BCUT2D eigenvalue weighted by molar-refractivity contribution is 6.23. The molecule has 0 aromatic carbocycles. The molecular formula is C28H35ClO11. The van der Waals surface area contributed by atoms with E-state index in [0.29, 0.717) is 12.0 Å². The molecule has 0 aromatic heterocycles. The lowest BCUT2D eigenvalue weighted by molar-refractivity contribution is -0.294. The second-order valence-electron chi connectivity index (χ2n) is 11.2. The van der Waals surface area contributed by atoms with Gasteiger partial charge in [-0.1, -0.05) is 25.7 Å². The Hall–Kier alpha value is -2.92. The Morgan fingerprint density at radius 1 is 0.925 bits per heavy atom. The highest BCUT2D eigenvalue weighted by Gasteiger charge is 2.75. The first kappa shape index (κ1) is 30.0.